The number of alkyl halides is 1. The highest BCUT2D eigenvalue weighted by atomic mass is 127. The fourth-order valence-electron chi connectivity index (χ4n) is 1.99. The third kappa shape index (κ3) is 4.20. The highest BCUT2D eigenvalue weighted by Gasteiger charge is 2.23. The van der Waals surface area contributed by atoms with Gasteiger partial charge in [0.25, 0.3) is 0 Å². The maximum Gasteiger partial charge on any atom is 0.228 e. The first-order chi connectivity index (χ1) is 10.1. The molecule has 0 spiro atoms. The molecule has 0 heterocycles. The molecule has 4 heteroatoms. The van der Waals surface area contributed by atoms with Crippen LogP contribution in [0.4, 0.5) is 5.69 Å². The van der Waals surface area contributed by atoms with E-state index in [4.69, 9.17) is 4.74 Å². The SMILES string of the molecule is COc1ccc(NC(=O)[C@H](C)[C@@H](I)c2ccccc2)cc1. The standard InChI is InChI=1S/C17H18INO2/c1-12(16(18)13-6-4-3-5-7-13)17(20)19-14-8-10-15(21-2)11-9-14/h3-12,16H,1-2H3,(H,19,20)/t12-,16-/m1/s1. The van der Waals surface area contributed by atoms with Gasteiger partial charge in [-0.15, -0.1) is 0 Å². The van der Waals surface area contributed by atoms with Crippen molar-refractivity contribution in [2.75, 3.05) is 12.4 Å². The number of rotatable bonds is 5. The number of amides is 1. The molecule has 0 bridgehead atoms. The number of ether oxygens (including phenoxy) is 1. The summed E-state index contributed by atoms with van der Waals surface area (Å²) in [7, 11) is 1.62. The molecular formula is C17H18INO2. The zero-order valence-corrected chi connectivity index (χ0v) is 14.2. The number of halogens is 1. The molecule has 110 valence electrons. The van der Waals surface area contributed by atoms with Gasteiger partial charge in [-0.1, -0.05) is 59.8 Å². The molecule has 1 N–H and O–H groups in total. The number of carbonyl (C=O) groups excluding carboxylic acids is 1. The highest BCUT2D eigenvalue weighted by Crippen LogP contribution is 2.32. The Morgan fingerprint density at radius 3 is 2.29 bits per heavy atom. The van der Waals surface area contributed by atoms with Gasteiger partial charge >= 0.3 is 0 Å². The van der Waals surface area contributed by atoms with E-state index in [0.717, 1.165) is 17.0 Å². The number of methoxy groups -OCH3 is 1. The van der Waals surface area contributed by atoms with E-state index in [-0.39, 0.29) is 15.7 Å². The molecule has 1 amide bonds. The van der Waals surface area contributed by atoms with Crippen LogP contribution in [-0.2, 0) is 4.79 Å². The van der Waals surface area contributed by atoms with Crippen molar-refractivity contribution in [3.63, 3.8) is 0 Å². The highest BCUT2D eigenvalue weighted by molar-refractivity contribution is 14.1. The first kappa shape index (κ1) is 15.8. The Hall–Kier alpha value is -1.56. The molecule has 0 aliphatic heterocycles. The van der Waals surface area contributed by atoms with Crippen LogP contribution in [0.1, 0.15) is 16.4 Å². The van der Waals surface area contributed by atoms with E-state index in [0.29, 0.717) is 0 Å². The van der Waals surface area contributed by atoms with Gasteiger partial charge in [-0.3, -0.25) is 4.79 Å². The Morgan fingerprint density at radius 1 is 1.10 bits per heavy atom. The van der Waals surface area contributed by atoms with E-state index in [1.54, 1.807) is 7.11 Å². The van der Waals surface area contributed by atoms with E-state index >= 15 is 0 Å². The molecule has 0 aromatic heterocycles. The summed E-state index contributed by atoms with van der Waals surface area (Å²) in [5, 5.41) is 2.94. The lowest BCUT2D eigenvalue weighted by molar-refractivity contribution is -0.119. The van der Waals surface area contributed by atoms with Crippen LogP contribution in [0.3, 0.4) is 0 Å². The molecule has 0 radical (unpaired) electrons. The molecule has 0 saturated carbocycles. The summed E-state index contributed by atoms with van der Waals surface area (Å²) in [6, 6.07) is 17.4. The van der Waals surface area contributed by atoms with Gasteiger partial charge in [0, 0.05) is 9.61 Å². The first-order valence-electron chi connectivity index (χ1n) is 6.75. The van der Waals surface area contributed by atoms with Crippen molar-refractivity contribution in [3.8, 4) is 5.75 Å². The van der Waals surface area contributed by atoms with Crippen molar-refractivity contribution < 1.29 is 9.53 Å². The zero-order valence-electron chi connectivity index (χ0n) is 12.0. The van der Waals surface area contributed by atoms with Crippen molar-refractivity contribution in [1.82, 2.24) is 0 Å². The lowest BCUT2D eigenvalue weighted by Gasteiger charge is -2.18. The average Bonchev–Trinajstić information content (AvgIpc) is 2.55. The van der Waals surface area contributed by atoms with Crippen LogP contribution in [0.25, 0.3) is 0 Å². The molecule has 0 aliphatic rings. The van der Waals surface area contributed by atoms with Crippen LogP contribution >= 0.6 is 22.6 Å². The largest absolute Gasteiger partial charge is 0.497 e. The summed E-state index contributed by atoms with van der Waals surface area (Å²) in [5.74, 6) is 0.677. The summed E-state index contributed by atoms with van der Waals surface area (Å²) >= 11 is 2.32. The summed E-state index contributed by atoms with van der Waals surface area (Å²) in [5.41, 5.74) is 1.94. The van der Waals surface area contributed by atoms with Crippen LogP contribution in [0.2, 0.25) is 0 Å². The predicted octanol–water partition coefficient (Wildman–Crippen LogP) is 4.45. The molecule has 3 nitrogen and oxygen atoms in total. The summed E-state index contributed by atoms with van der Waals surface area (Å²) in [6.07, 6.45) is 0. The maximum atomic E-state index is 12.3. The molecule has 0 aliphatic carbocycles. The number of hydrogen-bond donors (Lipinski definition) is 1. The van der Waals surface area contributed by atoms with Gasteiger partial charge in [-0.25, -0.2) is 0 Å². The van der Waals surface area contributed by atoms with Crippen molar-refractivity contribution in [2.45, 2.75) is 10.8 Å². The van der Waals surface area contributed by atoms with Gasteiger partial charge in [0.05, 0.1) is 13.0 Å². The van der Waals surface area contributed by atoms with Gasteiger partial charge < -0.3 is 10.1 Å². The Morgan fingerprint density at radius 2 is 1.71 bits per heavy atom. The van der Waals surface area contributed by atoms with Gasteiger partial charge in [-0.2, -0.15) is 0 Å². The fourth-order valence-corrected chi connectivity index (χ4v) is 2.73. The summed E-state index contributed by atoms with van der Waals surface area (Å²) in [6.45, 7) is 1.95. The number of anilines is 1. The normalized spacial score (nSPS) is 13.3. The molecule has 2 atom stereocenters. The molecule has 0 saturated heterocycles. The van der Waals surface area contributed by atoms with E-state index in [1.165, 1.54) is 0 Å². The second-order valence-electron chi connectivity index (χ2n) is 4.82. The predicted molar refractivity (Wildman–Crippen MR) is 94.0 cm³/mol. The molecule has 2 rings (SSSR count). The molecular weight excluding hydrogens is 377 g/mol. The van der Waals surface area contributed by atoms with E-state index < -0.39 is 0 Å². The van der Waals surface area contributed by atoms with Crippen LogP contribution in [-0.4, -0.2) is 13.0 Å². The van der Waals surface area contributed by atoms with Gasteiger partial charge in [-0.05, 0) is 29.8 Å². The third-order valence-corrected chi connectivity index (χ3v) is 5.13. The van der Waals surface area contributed by atoms with Gasteiger partial charge in [0.2, 0.25) is 5.91 Å². The van der Waals surface area contributed by atoms with E-state index in [1.807, 2.05) is 61.5 Å². The number of carbonyl (C=O) groups is 1. The fraction of sp³-hybridized carbons (Fsp3) is 0.235. The number of benzene rings is 2. The topological polar surface area (TPSA) is 38.3 Å². The second kappa shape index (κ2) is 7.45. The smallest absolute Gasteiger partial charge is 0.228 e. The minimum atomic E-state index is -0.116. The molecule has 0 unspecified atom stereocenters. The number of hydrogen-bond acceptors (Lipinski definition) is 2. The summed E-state index contributed by atoms with van der Waals surface area (Å²) < 4.78 is 5.24. The lowest BCUT2D eigenvalue weighted by atomic mass is 10.0. The van der Waals surface area contributed by atoms with Crippen LogP contribution < -0.4 is 10.1 Å². The van der Waals surface area contributed by atoms with Gasteiger partial charge in [0.1, 0.15) is 5.75 Å². The minimum absolute atomic E-state index is 0.0171. The first-order valence-corrected chi connectivity index (χ1v) is 8.00. The Bertz CT molecular complexity index is 583. The summed E-state index contributed by atoms with van der Waals surface area (Å²) in [4.78, 5) is 12.3. The quantitative estimate of drug-likeness (QED) is 0.600. The van der Waals surface area contributed by atoms with E-state index in [9.17, 15) is 4.79 Å². The Labute approximate surface area is 138 Å². The average molecular weight is 395 g/mol. The molecule has 0 fully saturated rings. The second-order valence-corrected chi connectivity index (χ2v) is 6.16. The minimum Gasteiger partial charge on any atom is -0.497 e. The van der Waals surface area contributed by atoms with Crippen molar-refractivity contribution in [3.05, 3.63) is 60.2 Å². The lowest BCUT2D eigenvalue weighted by Crippen LogP contribution is -2.23. The van der Waals surface area contributed by atoms with Crippen LogP contribution in [0.15, 0.2) is 54.6 Å². The van der Waals surface area contributed by atoms with Crippen molar-refractivity contribution in [1.29, 1.82) is 0 Å². The zero-order chi connectivity index (χ0) is 15.2. The van der Waals surface area contributed by atoms with Crippen LogP contribution in [0.5, 0.6) is 5.75 Å². The van der Waals surface area contributed by atoms with Crippen molar-refractivity contribution in [2.24, 2.45) is 5.92 Å². The van der Waals surface area contributed by atoms with E-state index in [2.05, 4.69) is 27.9 Å². The van der Waals surface area contributed by atoms with Gasteiger partial charge in [0.15, 0.2) is 0 Å². The monoisotopic (exact) mass is 395 g/mol. The maximum absolute atomic E-state index is 12.3. The van der Waals surface area contributed by atoms with Crippen LogP contribution in [0, 0.1) is 5.92 Å². The Kier molecular flexibility index (Phi) is 5.61. The molecule has 2 aromatic rings. The Balaban J connectivity index is 2.01. The molecule has 21 heavy (non-hydrogen) atoms. The molecule has 2 aromatic carbocycles. The number of nitrogens with one attached hydrogen (secondary N) is 1. The van der Waals surface area contributed by atoms with Crippen molar-refractivity contribution >= 4 is 34.2 Å². The third-order valence-electron chi connectivity index (χ3n) is 3.33.